The normalized spacial score (nSPS) is 14.5. The van der Waals surface area contributed by atoms with Gasteiger partial charge in [-0.25, -0.2) is 9.59 Å². The van der Waals surface area contributed by atoms with E-state index in [1.54, 1.807) is 69.3 Å². The van der Waals surface area contributed by atoms with Crippen molar-refractivity contribution >= 4 is 25.3 Å². The fraction of sp³-hybridized carbons (Fsp3) is 0.343. The van der Waals surface area contributed by atoms with Crippen molar-refractivity contribution in [2.75, 3.05) is 6.16 Å². The van der Waals surface area contributed by atoms with Crippen molar-refractivity contribution in [3.8, 4) is 12.3 Å². The van der Waals surface area contributed by atoms with Crippen molar-refractivity contribution < 1.29 is 33.3 Å². The van der Waals surface area contributed by atoms with E-state index in [0.717, 1.165) is 11.1 Å². The molecule has 0 saturated carbocycles. The summed E-state index contributed by atoms with van der Waals surface area (Å²) in [4.78, 5) is 50.9. The Balaban J connectivity index is 1.80. The highest BCUT2D eigenvalue weighted by atomic mass is 31.2. The molecule has 0 aliphatic rings. The van der Waals surface area contributed by atoms with Gasteiger partial charge >= 0.3 is 12.1 Å². The van der Waals surface area contributed by atoms with Gasteiger partial charge in [-0.05, 0) is 37.5 Å². The molecule has 0 radical (unpaired) electrons. The SMILES string of the molecule is C#CCC(CP(=O)(O)[C@H](Cc1ccccc1)NC(=O)OCc1ccccc1)C(=O)N[C@@H](Cc1ccccc1)C(=O)OC(C)(C)C. The number of esters is 1. The first-order valence-electron chi connectivity index (χ1n) is 14.7. The third-order valence-electron chi connectivity index (χ3n) is 6.76. The quantitative estimate of drug-likeness (QED) is 0.122. The van der Waals surface area contributed by atoms with E-state index in [0.29, 0.717) is 5.56 Å². The largest absolute Gasteiger partial charge is 0.458 e. The molecule has 2 unspecified atom stereocenters. The smallest absolute Gasteiger partial charge is 0.408 e. The lowest BCUT2D eigenvalue weighted by Gasteiger charge is -2.28. The second kappa shape index (κ2) is 16.6. The number of rotatable bonds is 14. The van der Waals surface area contributed by atoms with Crippen LogP contribution in [0.1, 0.15) is 43.9 Å². The Labute approximate surface area is 265 Å². The second-order valence-electron chi connectivity index (χ2n) is 11.7. The molecule has 3 rings (SSSR count). The van der Waals surface area contributed by atoms with Crippen LogP contribution in [0.2, 0.25) is 0 Å². The Kier molecular flexibility index (Phi) is 13.0. The van der Waals surface area contributed by atoms with Gasteiger partial charge < -0.3 is 25.0 Å². The minimum absolute atomic E-state index is 0.00792. The van der Waals surface area contributed by atoms with Gasteiger partial charge in [-0.2, -0.15) is 0 Å². The molecule has 10 heteroatoms. The molecule has 0 heterocycles. The van der Waals surface area contributed by atoms with E-state index < -0.39 is 54.8 Å². The molecule has 2 amide bonds. The van der Waals surface area contributed by atoms with Gasteiger partial charge in [0.15, 0.2) is 0 Å². The topological polar surface area (TPSA) is 131 Å². The molecule has 3 N–H and O–H groups in total. The van der Waals surface area contributed by atoms with Gasteiger partial charge in [0.05, 0.1) is 5.92 Å². The predicted octanol–water partition coefficient (Wildman–Crippen LogP) is 5.46. The highest BCUT2D eigenvalue weighted by Gasteiger charge is 2.38. The number of amides is 2. The third kappa shape index (κ3) is 12.3. The van der Waals surface area contributed by atoms with E-state index >= 15 is 0 Å². The minimum Gasteiger partial charge on any atom is -0.458 e. The van der Waals surface area contributed by atoms with Crippen molar-refractivity contribution in [2.45, 2.75) is 64.1 Å². The monoisotopic (exact) mass is 632 g/mol. The van der Waals surface area contributed by atoms with Crippen molar-refractivity contribution in [2.24, 2.45) is 5.92 Å². The van der Waals surface area contributed by atoms with Crippen molar-refractivity contribution in [3.63, 3.8) is 0 Å². The zero-order valence-corrected chi connectivity index (χ0v) is 26.7. The van der Waals surface area contributed by atoms with Gasteiger partial charge in [0.25, 0.3) is 0 Å². The lowest BCUT2D eigenvalue weighted by molar-refractivity contribution is -0.158. The molecule has 9 nitrogen and oxygen atoms in total. The van der Waals surface area contributed by atoms with Crippen LogP contribution in [0, 0.1) is 18.3 Å². The molecule has 0 aliphatic heterocycles. The van der Waals surface area contributed by atoms with Gasteiger partial charge in [-0.3, -0.25) is 9.36 Å². The molecule has 3 aromatic rings. The number of hydrogen-bond donors (Lipinski definition) is 3. The standard InChI is InChI=1S/C35H41N2O7P/c1-5-15-29(32(38)36-30(33(39)44-35(2,3)4)22-26-16-9-6-10-17-26)25-45(41,42)31(23-27-18-11-7-12-19-27)37-34(40)43-24-28-20-13-8-14-21-28/h1,6-14,16-21,29-31H,15,22-25H2,2-4H3,(H,36,38)(H,37,40)(H,41,42)/t29?,30-,31+/m0/s1. The van der Waals surface area contributed by atoms with Crippen LogP contribution in [0.25, 0.3) is 0 Å². The zero-order valence-electron chi connectivity index (χ0n) is 25.8. The molecule has 0 saturated heterocycles. The summed E-state index contributed by atoms with van der Waals surface area (Å²) in [7, 11) is -4.31. The van der Waals surface area contributed by atoms with E-state index in [1.807, 2.05) is 42.5 Å². The van der Waals surface area contributed by atoms with Crippen molar-refractivity contribution in [1.82, 2.24) is 10.6 Å². The van der Waals surface area contributed by atoms with E-state index in [-0.39, 0.29) is 25.9 Å². The highest BCUT2D eigenvalue weighted by molar-refractivity contribution is 7.58. The van der Waals surface area contributed by atoms with Gasteiger partial charge in [0, 0.05) is 25.4 Å². The van der Waals surface area contributed by atoms with Crippen LogP contribution < -0.4 is 10.6 Å². The average Bonchev–Trinajstić information content (AvgIpc) is 3.00. The highest BCUT2D eigenvalue weighted by Crippen LogP contribution is 2.48. The summed E-state index contributed by atoms with van der Waals surface area (Å²) in [5, 5.41) is 5.26. The number of nitrogens with one attached hydrogen (secondary N) is 2. The van der Waals surface area contributed by atoms with Crippen LogP contribution in [-0.2, 0) is 43.1 Å². The molecule has 0 spiro atoms. The summed E-state index contributed by atoms with van der Waals surface area (Å²) in [5.41, 5.74) is 1.43. The summed E-state index contributed by atoms with van der Waals surface area (Å²) in [6.45, 7) is 5.14. The molecule has 0 aliphatic carbocycles. The number of hydrogen-bond acceptors (Lipinski definition) is 6. The fourth-order valence-electron chi connectivity index (χ4n) is 4.56. The first-order valence-corrected chi connectivity index (χ1v) is 16.6. The van der Waals surface area contributed by atoms with Crippen molar-refractivity contribution in [3.05, 3.63) is 108 Å². The van der Waals surface area contributed by atoms with Crippen LogP contribution in [0.3, 0.4) is 0 Å². The fourth-order valence-corrected chi connectivity index (χ4v) is 6.55. The summed E-state index contributed by atoms with van der Waals surface area (Å²) in [5.74, 6) is -1.31. The summed E-state index contributed by atoms with van der Waals surface area (Å²) in [6.07, 6.45) is 4.15. The number of alkyl carbamates (subject to hydrolysis) is 1. The summed E-state index contributed by atoms with van der Waals surface area (Å²) < 4.78 is 24.8. The Morgan fingerprint density at radius 2 is 1.36 bits per heavy atom. The molecule has 0 fully saturated rings. The molecule has 45 heavy (non-hydrogen) atoms. The Morgan fingerprint density at radius 1 is 0.844 bits per heavy atom. The first kappa shape index (κ1) is 35.1. The Hall–Kier alpha value is -4.38. The maximum Gasteiger partial charge on any atom is 0.408 e. The summed E-state index contributed by atoms with van der Waals surface area (Å²) in [6, 6.07) is 26.0. The lowest BCUT2D eigenvalue weighted by Crippen LogP contribution is -2.48. The molecule has 3 aromatic carbocycles. The number of terminal acetylenes is 1. The number of carbonyl (C=O) groups is 3. The van der Waals surface area contributed by atoms with E-state index in [2.05, 4.69) is 16.6 Å². The van der Waals surface area contributed by atoms with E-state index in [9.17, 15) is 23.8 Å². The van der Waals surface area contributed by atoms with Crippen LogP contribution in [0.4, 0.5) is 4.79 Å². The number of carbonyl (C=O) groups excluding carboxylic acids is 3. The van der Waals surface area contributed by atoms with Crippen molar-refractivity contribution in [1.29, 1.82) is 0 Å². The zero-order chi connectivity index (χ0) is 32.9. The maximum absolute atomic E-state index is 14.0. The lowest BCUT2D eigenvalue weighted by atomic mass is 10.0. The maximum atomic E-state index is 14.0. The van der Waals surface area contributed by atoms with Gasteiger partial charge in [0.2, 0.25) is 13.3 Å². The Bertz CT molecular complexity index is 1490. The molecule has 4 atom stereocenters. The molecule has 238 valence electrons. The second-order valence-corrected chi connectivity index (χ2v) is 14.2. The van der Waals surface area contributed by atoms with Crippen LogP contribution in [0.5, 0.6) is 0 Å². The molecule has 0 aromatic heterocycles. The Morgan fingerprint density at radius 3 is 1.87 bits per heavy atom. The average molecular weight is 633 g/mol. The van der Waals surface area contributed by atoms with Crippen LogP contribution >= 0.6 is 7.37 Å². The third-order valence-corrected chi connectivity index (χ3v) is 9.01. The van der Waals surface area contributed by atoms with Crippen LogP contribution in [0.15, 0.2) is 91.0 Å². The number of benzene rings is 3. The molecular formula is C35H41N2O7P. The molecule has 0 bridgehead atoms. The van der Waals surface area contributed by atoms with E-state index in [4.69, 9.17) is 15.9 Å². The van der Waals surface area contributed by atoms with Crippen LogP contribution in [-0.4, -0.2) is 46.5 Å². The van der Waals surface area contributed by atoms with Gasteiger partial charge in [-0.1, -0.05) is 91.0 Å². The predicted molar refractivity (Wildman–Crippen MR) is 173 cm³/mol. The van der Waals surface area contributed by atoms with E-state index in [1.165, 1.54) is 0 Å². The summed E-state index contributed by atoms with van der Waals surface area (Å²) >= 11 is 0. The first-order chi connectivity index (χ1) is 21.4. The number of ether oxygens (including phenoxy) is 2. The molecular weight excluding hydrogens is 591 g/mol. The minimum atomic E-state index is -4.31. The van der Waals surface area contributed by atoms with Gasteiger partial charge in [0.1, 0.15) is 24.0 Å². The van der Waals surface area contributed by atoms with Gasteiger partial charge in [-0.15, -0.1) is 12.3 Å².